The van der Waals surface area contributed by atoms with Crippen LogP contribution in [0.1, 0.15) is 36.8 Å². The van der Waals surface area contributed by atoms with Crippen molar-refractivity contribution in [1.29, 1.82) is 0 Å². The molecule has 1 atom stereocenters. The number of benzene rings is 1. The Morgan fingerprint density at radius 2 is 2.04 bits per heavy atom. The van der Waals surface area contributed by atoms with Gasteiger partial charge in [-0.1, -0.05) is 17.7 Å². The molecule has 3 heterocycles. The van der Waals surface area contributed by atoms with Gasteiger partial charge in [-0.3, -0.25) is 4.79 Å². The molecule has 0 bridgehead atoms. The van der Waals surface area contributed by atoms with Crippen LogP contribution in [0.5, 0.6) is 5.75 Å². The molecule has 1 aromatic carbocycles. The summed E-state index contributed by atoms with van der Waals surface area (Å²) in [6, 6.07) is 6.19. The van der Waals surface area contributed by atoms with E-state index < -0.39 is 9.84 Å². The zero-order chi connectivity index (χ0) is 19.9. The van der Waals surface area contributed by atoms with E-state index in [4.69, 9.17) is 4.74 Å². The molecule has 4 rings (SSSR count). The van der Waals surface area contributed by atoms with E-state index in [1.807, 2.05) is 17.9 Å². The lowest BCUT2D eigenvalue weighted by Gasteiger charge is -2.42. The second kappa shape index (κ2) is 7.34. The van der Waals surface area contributed by atoms with Crippen molar-refractivity contribution in [2.24, 2.45) is 5.92 Å². The molecule has 3 aliphatic rings. The fourth-order valence-electron chi connectivity index (χ4n) is 4.68. The Kier molecular flexibility index (Phi) is 5.16. The summed E-state index contributed by atoms with van der Waals surface area (Å²) in [5.74, 6) is 1.25. The molecule has 1 spiro atoms. The van der Waals surface area contributed by atoms with Gasteiger partial charge in [-0.25, -0.2) is 8.42 Å². The number of sulfone groups is 1. The number of likely N-dealkylation sites (tertiary alicyclic amines) is 1. The number of hydrogen-bond donors (Lipinski definition) is 0. The second-order valence-electron chi connectivity index (χ2n) is 8.92. The topological polar surface area (TPSA) is 66.9 Å². The first-order chi connectivity index (χ1) is 13.2. The van der Waals surface area contributed by atoms with Gasteiger partial charge in [0.15, 0.2) is 9.84 Å². The van der Waals surface area contributed by atoms with E-state index >= 15 is 0 Å². The first-order valence-corrected chi connectivity index (χ1v) is 12.0. The summed E-state index contributed by atoms with van der Waals surface area (Å²) in [5, 5.41) is 0. The summed E-state index contributed by atoms with van der Waals surface area (Å²) in [6.45, 7) is 5.06. The Morgan fingerprint density at radius 3 is 2.71 bits per heavy atom. The predicted molar refractivity (Wildman–Crippen MR) is 108 cm³/mol. The third-order valence-corrected chi connectivity index (χ3v) is 8.26. The van der Waals surface area contributed by atoms with Crippen molar-refractivity contribution in [3.63, 3.8) is 0 Å². The molecule has 0 aromatic heterocycles. The first kappa shape index (κ1) is 19.7. The van der Waals surface area contributed by atoms with Crippen LogP contribution in [0.25, 0.3) is 0 Å². The third-order valence-electron chi connectivity index (χ3n) is 6.42. The molecule has 3 aliphatic heterocycles. The van der Waals surface area contributed by atoms with Crippen LogP contribution in [0, 0.1) is 12.8 Å². The average molecular weight is 407 g/mol. The molecule has 2 saturated heterocycles. The maximum absolute atomic E-state index is 13.2. The Morgan fingerprint density at radius 1 is 1.29 bits per heavy atom. The quantitative estimate of drug-likeness (QED) is 0.752. The van der Waals surface area contributed by atoms with Crippen LogP contribution < -0.4 is 4.74 Å². The Balaban J connectivity index is 1.58. The molecule has 1 amide bonds. The molecule has 2 fully saturated rings. The van der Waals surface area contributed by atoms with Crippen molar-refractivity contribution >= 4 is 15.7 Å². The van der Waals surface area contributed by atoms with Crippen molar-refractivity contribution < 1.29 is 17.9 Å². The normalized spacial score (nSPS) is 26.5. The van der Waals surface area contributed by atoms with Crippen molar-refractivity contribution in [2.45, 2.75) is 44.8 Å². The number of carbonyl (C=O) groups excluding carboxylic acids is 1. The highest BCUT2D eigenvalue weighted by Crippen LogP contribution is 2.36. The number of ether oxygens (including phenoxy) is 1. The van der Waals surface area contributed by atoms with Crippen LogP contribution in [-0.4, -0.2) is 67.9 Å². The van der Waals surface area contributed by atoms with E-state index in [0.29, 0.717) is 25.9 Å². The number of piperidine rings is 1. The van der Waals surface area contributed by atoms with Crippen molar-refractivity contribution in [3.8, 4) is 5.75 Å². The highest BCUT2D eigenvalue weighted by atomic mass is 32.2. The van der Waals surface area contributed by atoms with E-state index in [1.54, 1.807) is 0 Å². The van der Waals surface area contributed by atoms with Gasteiger partial charge in [-0.15, -0.1) is 0 Å². The Bertz CT molecular complexity index is 859. The van der Waals surface area contributed by atoms with Crippen LogP contribution in [0.3, 0.4) is 0 Å². The molecule has 0 saturated carbocycles. The van der Waals surface area contributed by atoms with Crippen LogP contribution in [0.15, 0.2) is 18.2 Å². The van der Waals surface area contributed by atoms with Crippen molar-refractivity contribution in [2.75, 3.05) is 38.2 Å². The maximum atomic E-state index is 13.2. The number of carbonyl (C=O) groups is 1. The smallest absolute Gasteiger partial charge is 0.223 e. The lowest BCUT2D eigenvalue weighted by molar-refractivity contribution is -0.136. The lowest BCUT2D eigenvalue weighted by atomic mass is 9.90. The standard InChI is InChI=1S/C21H30N2O4S/c1-16-3-4-19-18(11-16)13-23(15-21(27-19)6-8-22(2)9-7-21)20(24)12-17-5-10-28(25,26)14-17/h3-4,11,17H,5-10,12-15H2,1-2H3. The molecule has 1 aromatic rings. The molecule has 0 aliphatic carbocycles. The van der Waals surface area contributed by atoms with E-state index in [2.05, 4.69) is 24.1 Å². The molecule has 6 nitrogen and oxygen atoms in total. The van der Waals surface area contributed by atoms with Crippen molar-refractivity contribution in [3.05, 3.63) is 29.3 Å². The highest BCUT2D eigenvalue weighted by Gasteiger charge is 2.42. The van der Waals surface area contributed by atoms with Gasteiger partial charge in [-0.2, -0.15) is 0 Å². The minimum Gasteiger partial charge on any atom is -0.485 e. The first-order valence-electron chi connectivity index (χ1n) is 10.2. The largest absolute Gasteiger partial charge is 0.485 e. The van der Waals surface area contributed by atoms with Crippen LogP contribution >= 0.6 is 0 Å². The predicted octanol–water partition coefficient (Wildman–Crippen LogP) is 2.01. The number of fused-ring (bicyclic) bond motifs is 1. The minimum atomic E-state index is -2.97. The second-order valence-corrected chi connectivity index (χ2v) is 11.2. The Hall–Kier alpha value is -1.60. The van der Waals surface area contributed by atoms with E-state index in [0.717, 1.165) is 42.8 Å². The SMILES string of the molecule is Cc1ccc2c(c1)CN(C(=O)CC1CCS(=O)(=O)C1)CC1(CCN(C)CC1)O2. The molecule has 1 unspecified atom stereocenters. The summed E-state index contributed by atoms with van der Waals surface area (Å²) in [4.78, 5) is 17.4. The summed E-state index contributed by atoms with van der Waals surface area (Å²) in [7, 11) is -0.852. The number of rotatable bonds is 2. The van der Waals surface area contributed by atoms with Crippen LogP contribution in [0.4, 0.5) is 0 Å². The minimum absolute atomic E-state index is 0.0490. The number of aryl methyl sites for hydroxylation is 1. The molecule has 0 radical (unpaired) electrons. The van der Waals surface area contributed by atoms with E-state index in [9.17, 15) is 13.2 Å². The maximum Gasteiger partial charge on any atom is 0.223 e. The van der Waals surface area contributed by atoms with Gasteiger partial charge in [0.25, 0.3) is 0 Å². The van der Waals surface area contributed by atoms with E-state index in [1.165, 1.54) is 0 Å². The zero-order valence-electron chi connectivity index (χ0n) is 16.8. The van der Waals surface area contributed by atoms with Gasteiger partial charge in [0.1, 0.15) is 11.4 Å². The van der Waals surface area contributed by atoms with Crippen molar-refractivity contribution in [1.82, 2.24) is 9.80 Å². The number of hydrogen-bond acceptors (Lipinski definition) is 5. The van der Waals surface area contributed by atoms with Gasteiger partial charge < -0.3 is 14.5 Å². The molecular weight excluding hydrogens is 376 g/mol. The summed E-state index contributed by atoms with van der Waals surface area (Å²) in [6.07, 6.45) is 2.69. The lowest BCUT2D eigenvalue weighted by Crippen LogP contribution is -2.53. The third kappa shape index (κ3) is 4.20. The molecule has 154 valence electrons. The highest BCUT2D eigenvalue weighted by molar-refractivity contribution is 7.91. The summed E-state index contributed by atoms with van der Waals surface area (Å²) < 4.78 is 30.1. The van der Waals surface area contributed by atoms with Gasteiger partial charge in [0.2, 0.25) is 5.91 Å². The molecular formula is C21H30N2O4S. The zero-order valence-corrected chi connectivity index (χ0v) is 17.6. The summed E-state index contributed by atoms with van der Waals surface area (Å²) >= 11 is 0. The van der Waals surface area contributed by atoms with E-state index in [-0.39, 0.29) is 28.9 Å². The fraction of sp³-hybridized carbons (Fsp3) is 0.667. The Labute approximate surface area is 167 Å². The molecule has 28 heavy (non-hydrogen) atoms. The van der Waals surface area contributed by atoms with Gasteiger partial charge in [0, 0.05) is 44.5 Å². The van der Waals surface area contributed by atoms with Crippen LogP contribution in [0.2, 0.25) is 0 Å². The van der Waals surface area contributed by atoms with Gasteiger partial charge in [-0.05, 0) is 32.4 Å². The van der Waals surface area contributed by atoms with Gasteiger partial charge in [0.05, 0.1) is 18.1 Å². The molecule has 7 heteroatoms. The number of amides is 1. The van der Waals surface area contributed by atoms with Gasteiger partial charge >= 0.3 is 0 Å². The summed E-state index contributed by atoms with van der Waals surface area (Å²) in [5.41, 5.74) is 1.84. The molecule has 0 N–H and O–H groups in total. The number of nitrogens with zero attached hydrogens (tertiary/aromatic N) is 2. The van der Waals surface area contributed by atoms with Crippen LogP contribution in [-0.2, 0) is 21.2 Å². The fourth-order valence-corrected chi connectivity index (χ4v) is 6.54. The monoisotopic (exact) mass is 406 g/mol. The average Bonchev–Trinajstić information content (AvgIpc) is 2.89.